The van der Waals surface area contributed by atoms with Gasteiger partial charge in [-0.2, -0.15) is 0 Å². The highest BCUT2D eigenvalue weighted by atomic mass is 19.1. The predicted octanol–water partition coefficient (Wildman–Crippen LogP) is 4.82. The van der Waals surface area contributed by atoms with E-state index in [9.17, 15) is 14.0 Å². The first-order valence-corrected chi connectivity index (χ1v) is 9.24. The monoisotopic (exact) mass is 404 g/mol. The number of nitrogens with one attached hydrogen (secondary N) is 1. The maximum Gasteiger partial charge on any atom is 0.339 e. The number of carbonyl (C=O) groups is 2. The van der Waals surface area contributed by atoms with E-state index in [0.29, 0.717) is 16.7 Å². The van der Waals surface area contributed by atoms with Crippen LogP contribution in [-0.4, -0.2) is 23.0 Å². The Morgan fingerprint density at radius 1 is 1.00 bits per heavy atom. The van der Waals surface area contributed by atoms with Crippen molar-refractivity contribution >= 4 is 28.7 Å². The fraction of sp³-hybridized carbons (Fsp3) is 0.0870. The van der Waals surface area contributed by atoms with Gasteiger partial charge in [0, 0.05) is 0 Å². The number of benzene rings is 3. The summed E-state index contributed by atoms with van der Waals surface area (Å²) in [5.74, 6) is -1.67. The summed E-state index contributed by atoms with van der Waals surface area (Å²) >= 11 is 0. The molecule has 0 aliphatic rings. The van der Waals surface area contributed by atoms with Crippen molar-refractivity contribution in [3.63, 3.8) is 0 Å². The molecule has 4 rings (SSSR count). The molecule has 4 aromatic rings. The van der Waals surface area contributed by atoms with E-state index in [0.717, 1.165) is 0 Å². The van der Waals surface area contributed by atoms with Gasteiger partial charge >= 0.3 is 5.97 Å². The molecule has 1 unspecified atom stereocenters. The van der Waals surface area contributed by atoms with Crippen molar-refractivity contribution in [3.05, 3.63) is 84.2 Å². The summed E-state index contributed by atoms with van der Waals surface area (Å²) in [6.45, 7) is 1.41. The second-order valence-corrected chi connectivity index (χ2v) is 6.55. The first-order valence-electron chi connectivity index (χ1n) is 9.24. The van der Waals surface area contributed by atoms with Gasteiger partial charge in [-0.25, -0.2) is 14.2 Å². The number of ether oxygens (including phenoxy) is 1. The quantitative estimate of drug-likeness (QED) is 0.483. The minimum Gasteiger partial charge on any atom is -0.449 e. The summed E-state index contributed by atoms with van der Waals surface area (Å²) < 4.78 is 24.8. The van der Waals surface area contributed by atoms with Gasteiger partial charge in [0.05, 0.1) is 16.8 Å². The third-order valence-corrected chi connectivity index (χ3v) is 4.46. The van der Waals surface area contributed by atoms with Crippen LogP contribution in [0.2, 0.25) is 0 Å². The fourth-order valence-electron chi connectivity index (χ4n) is 2.91. The average molecular weight is 404 g/mol. The fourth-order valence-corrected chi connectivity index (χ4v) is 2.91. The predicted molar refractivity (Wildman–Crippen MR) is 109 cm³/mol. The molecule has 0 saturated carbocycles. The Kier molecular flexibility index (Phi) is 5.26. The van der Waals surface area contributed by atoms with Crippen molar-refractivity contribution in [1.82, 2.24) is 4.98 Å². The molecule has 1 N–H and O–H groups in total. The lowest BCUT2D eigenvalue weighted by Crippen LogP contribution is -2.30. The molecule has 1 amide bonds. The zero-order valence-corrected chi connectivity index (χ0v) is 16.0. The molecule has 0 saturated heterocycles. The number of hydrogen-bond acceptors (Lipinski definition) is 5. The maximum atomic E-state index is 13.7. The Bertz CT molecular complexity index is 1200. The molecule has 0 fully saturated rings. The molecule has 6 nitrogen and oxygen atoms in total. The van der Waals surface area contributed by atoms with E-state index in [-0.39, 0.29) is 17.1 Å². The third kappa shape index (κ3) is 3.91. The summed E-state index contributed by atoms with van der Waals surface area (Å²) in [6, 6.07) is 19.7. The zero-order chi connectivity index (χ0) is 21.1. The lowest BCUT2D eigenvalue weighted by molar-refractivity contribution is -0.123. The number of nitrogens with zero attached hydrogens (tertiary/aromatic N) is 1. The number of oxazole rings is 1. The zero-order valence-electron chi connectivity index (χ0n) is 16.0. The highest BCUT2D eigenvalue weighted by Crippen LogP contribution is 2.27. The molecule has 7 heteroatoms. The van der Waals surface area contributed by atoms with Gasteiger partial charge in [-0.1, -0.05) is 36.4 Å². The van der Waals surface area contributed by atoms with Crippen LogP contribution in [0.15, 0.2) is 77.2 Å². The summed E-state index contributed by atoms with van der Waals surface area (Å²) in [6.07, 6.45) is -1.14. The SMILES string of the molecule is CC(OC(=O)c1ccccc1-c1nc2ccccc2o1)C(=O)Nc1ccccc1F. The largest absolute Gasteiger partial charge is 0.449 e. The Morgan fingerprint density at radius 2 is 1.70 bits per heavy atom. The molecule has 30 heavy (non-hydrogen) atoms. The van der Waals surface area contributed by atoms with Gasteiger partial charge < -0.3 is 14.5 Å². The number of esters is 1. The normalized spacial score (nSPS) is 11.8. The number of amides is 1. The number of para-hydroxylation sites is 3. The van der Waals surface area contributed by atoms with E-state index in [2.05, 4.69) is 10.3 Å². The van der Waals surface area contributed by atoms with Crippen LogP contribution in [0, 0.1) is 5.82 Å². The van der Waals surface area contributed by atoms with Crippen molar-refractivity contribution in [2.45, 2.75) is 13.0 Å². The summed E-state index contributed by atoms with van der Waals surface area (Å²) in [4.78, 5) is 29.5. The minimum absolute atomic E-state index is 0.0114. The van der Waals surface area contributed by atoms with Gasteiger partial charge in [0.1, 0.15) is 11.3 Å². The van der Waals surface area contributed by atoms with Crippen LogP contribution >= 0.6 is 0 Å². The number of fused-ring (bicyclic) bond motifs is 1. The molecular weight excluding hydrogens is 387 g/mol. The molecule has 0 aliphatic heterocycles. The highest BCUT2D eigenvalue weighted by molar-refractivity contribution is 6.00. The van der Waals surface area contributed by atoms with Crippen LogP contribution < -0.4 is 5.32 Å². The van der Waals surface area contributed by atoms with Crippen LogP contribution in [0.1, 0.15) is 17.3 Å². The van der Waals surface area contributed by atoms with Crippen molar-refractivity contribution in [2.24, 2.45) is 0 Å². The first-order chi connectivity index (χ1) is 14.5. The van der Waals surface area contributed by atoms with Crippen molar-refractivity contribution < 1.29 is 23.1 Å². The average Bonchev–Trinajstić information content (AvgIpc) is 3.19. The van der Waals surface area contributed by atoms with Crippen LogP contribution in [0.4, 0.5) is 10.1 Å². The minimum atomic E-state index is -1.14. The van der Waals surface area contributed by atoms with Crippen molar-refractivity contribution in [3.8, 4) is 11.5 Å². The molecule has 0 radical (unpaired) electrons. The van der Waals surface area contributed by atoms with Gasteiger partial charge in [0.25, 0.3) is 5.91 Å². The molecule has 1 aromatic heterocycles. The number of aromatic nitrogens is 1. The molecular formula is C23H17FN2O4. The van der Waals surface area contributed by atoms with Gasteiger partial charge in [0.15, 0.2) is 11.7 Å². The Balaban J connectivity index is 1.54. The number of carbonyl (C=O) groups excluding carboxylic acids is 2. The van der Waals surface area contributed by atoms with Crippen LogP contribution in [0.25, 0.3) is 22.6 Å². The summed E-state index contributed by atoms with van der Waals surface area (Å²) in [5.41, 5.74) is 1.91. The maximum absolute atomic E-state index is 13.7. The lowest BCUT2D eigenvalue weighted by Gasteiger charge is -2.14. The van der Waals surface area contributed by atoms with Crippen molar-refractivity contribution in [1.29, 1.82) is 0 Å². The van der Waals surface area contributed by atoms with E-state index in [1.54, 1.807) is 42.5 Å². The van der Waals surface area contributed by atoms with Crippen LogP contribution in [0.3, 0.4) is 0 Å². The molecule has 150 valence electrons. The standard InChI is InChI=1S/C23H17FN2O4/c1-14(21(27)25-18-11-5-4-10-17(18)24)29-23(28)16-9-3-2-8-15(16)22-26-19-12-6-7-13-20(19)30-22/h2-14H,1H3,(H,25,27). The van der Waals surface area contributed by atoms with Gasteiger partial charge in [-0.3, -0.25) is 4.79 Å². The Hall–Kier alpha value is -4.00. The molecule has 1 heterocycles. The van der Waals surface area contributed by atoms with E-state index >= 15 is 0 Å². The highest BCUT2D eigenvalue weighted by Gasteiger charge is 2.23. The second-order valence-electron chi connectivity index (χ2n) is 6.55. The van der Waals surface area contributed by atoms with Crippen LogP contribution in [-0.2, 0) is 9.53 Å². The van der Waals surface area contributed by atoms with E-state index < -0.39 is 23.8 Å². The smallest absolute Gasteiger partial charge is 0.339 e. The number of halogens is 1. The number of rotatable bonds is 5. The third-order valence-electron chi connectivity index (χ3n) is 4.46. The molecule has 1 atom stereocenters. The molecule has 3 aromatic carbocycles. The van der Waals surface area contributed by atoms with E-state index in [1.807, 2.05) is 12.1 Å². The van der Waals surface area contributed by atoms with E-state index in [1.165, 1.54) is 25.1 Å². The first kappa shape index (κ1) is 19.3. The molecule has 0 aliphatic carbocycles. The van der Waals surface area contributed by atoms with E-state index in [4.69, 9.17) is 9.15 Å². The molecule has 0 bridgehead atoms. The second kappa shape index (κ2) is 8.16. The topological polar surface area (TPSA) is 81.4 Å². The van der Waals surface area contributed by atoms with Crippen molar-refractivity contribution in [2.75, 3.05) is 5.32 Å². The summed E-state index contributed by atoms with van der Waals surface area (Å²) in [7, 11) is 0. The number of anilines is 1. The van der Waals surface area contributed by atoms with Crippen LogP contribution in [0.5, 0.6) is 0 Å². The lowest BCUT2D eigenvalue weighted by atomic mass is 10.1. The Labute approximate surface area is 171 Å². The number of hydrogen-bond donors (Lipinski definition) is 1. The molecule has 0 spiro atoms. The van der Waals surface area contributed by atoms with Gasteiger partial charge in [0.2, 0.25) is 5.89 Å². The van der Waals surface area contributed by atoms with Gasteiger partial charge in [-0.15, -0.1) is 0 Å². The summed E-state index contributed by atoms with van der Waals surface area (Å²) in [5, 5.41) is 2.41. The van der Waals surface area contributed by atoms with Gasteiger partial charge in [-0.05, 0) is 43.3 Å². The Morgan fingerprint density at radius 3 is 2.50 bits per heavy atom.